The van der Waals surface area contributed by atoms with Gasteiger partial charge in [-0.2, -0.15) is 0 Å². The molecular formula is C35H59NOSi2. The fourth-order valence-corrected chi connectivity index (χ4v) is 14.9. The molecule has 0 spiro atoms. The average Bonchev–Trinajstić information content (AvgIpc) is 2.97. The van der Waals surface area contributed by atoms with Gasteiger partial charge in [0.2, 0.25) is 5.91 Å². The van der Waals surface area contributed by atoms with Crippen LogP contribution in [0.5, 0.6) is 0 Å². The van der Waals surface area contributed by atoms with Gasteiger partial charge in [0.15, 0.2) is 0 Å². The Bertz CT molecular complexity index is 801. The van der Waals surface area contributed by atoms with Crippen LogP contribution in [-0.2, 0) is 4.79 Å². The molecule has 39 heavy (non-hydrogen) atoms. The predicted octanol–water partition coefficient (Wildman–Crippen LogP) is 7.68. The van der Waals surface area contributed by atoms with Crippen LogP contribution in [-0.4, -0.2) is 42.2 Å². The SMILES string of the molecule is CCCCCCCCCCCC[SiH2]C(CCCCCC(=O)N(CC)CC)[SiH](c1ccccc1)c1ccccc1. The molecule has 0 aliphatic heterocycles. The van der Waals surface area contributed by atoms with Crippen molar-refractivity contribution in [1.29, 1.82) is 0 Å². The molecule has 0 fully saturated rings. The maximum atomic E-state index is 12.4. The van der Waals surface area contributed by atoms with Crippen molar-refractivity contribution in [1.82, 2.24) is 4.90 Å². The first-order valence-corrected chi connectivity index (χ1v) is 20.2. The minimum Gasteiger partial charge on any atom is -0.343 e. The summed E-state index contributed by atoms with van der Waals surface area (Å²) in [5.41, 5.74) is 0. The molecule has 2 rings (SSSR count). The fraction of sp³-hybridized carbons (Fsp3) is 0.629. The van der Waals surface area contributed by atoms with Gasteiger partial charge in [-0.15, -0.1) is 0 Å². The van der Waals surface area contributed by atoms with E-state index >= 15 is 0 Å². The Balaban J connectivity index is 1.90. The van der Waals surface area contributed by atoms with Gasteiger partial charge >= 0.3 is 0 Å². The van der Waals surface area contributed by atoms with Crippen LogP contribution < -0.4 is 10.4 Å². The first kappa shape index (κ1) is 33.5. The zero-order valence-electron chi connectivity index (χ0n) is 25.7. The molecule has 2 aromatic carbocycles. The summed E-state index contributed by atoms with van der Waals surface area (Å²) in [6.07, 6.45) is 19.9. The highest BCUT2D eigenvalue weighted by atomic mass is 28.3. The van der Waals surface area contributed by atoms with Gasteiger partial charge in [-0.3, -0.25) is 4.79 Å². The molecule has 0 saturated heterocycles. The van der Waals surface area contributed by atoms with Crippen LogP contribution in [0.25, 0.3) is 0 Å². The Labute approximate surface area is 245 Å². The molecule has 0 radical (unpaired) electrons. The molecule has 4 heteroatoms. The first-order chi connectivity index (χ1) is 19.2. The standard InChI is InChI=1S/C35H59NOSi2/c1-4-7-8-9-10-11-12-13-14-24-31-38-35(30-23-17-22-29-34(37)36(5-2)6-3)39(32-25-18-15-19-26-32)33-27-20-16-21-28-33/h15-16,18-21,25-28,35,39H,4-14,17,22-24,29-31,38H2,1-3H3. The lowest BCUT2D eigenvalue weighted by molar-refractivity contribution is -0.130. The normalized spacial score (nSPS) is 12.4. The molecule has 2 aromatic rings. The molecule has 0 aliphatic carbocycles. The molecule has 0 aliphatic rings. The van der Waals surface area contributed by atoms with Crippen LogP contribution >= 0.6 is 0 Å². The number of hydrogen-bond acceptors (Lipinski definition) is 1. The minimum atomic E-state index is -1.26. The zero-order valence-corrected chi connectivity index (χ0v) is 28.3. The van der Waals surface area contributed by atoms with Gasteiger partial charge in [-0.05, 0) is 25.4 Å². The predicted molar refractivity (Wildman–Crippen MR) is 179 cm³/mol. The molecule has 1 unspecified atom stereocenters. The van der Waals surface area contributed by atoms with E-state index in [1.807, 2.05) is 4.90 Å². The van der Waals surface area contributed by atoms with Gasteiger partial charge in [0.25, 0.3) is 0 Å². The van der Waals surface area contributed by atoms with Crippen LogP contribution in [0.15, 0.2) is 60.7 Å². The van der Waals surface area contributed by atoms with Crippen LogP contribution in [0.4, 0.5) is 0 Å². The summed E-state index contributed by atoms with van der Waals surface area (Å²) in [5, 5.41) is 4.17. The van der Waals surface area contributed by atoms with Crippen molar-refractivity contribution in [3.63, 3.8) is 0 Å². The zero-order chi connectivity index (χ0) is 28.0. The third-order valence-corrected chi connectivity index (χ3v) is 16.5. The van der Waals surface area contributed by atoms with Crippen molar-refractivity contribution in [3.8, 4) is 0 Å². The lowest BCUT2D eigenvalue weighted by Crippen LogP contribution is -2.47. The minimum absolute atomic E-state index is 0.147. The van der Waals surface area contributed by atoms with Gasteiger partial charge in [0.05, 0.1) is 0 Å². The Morgan fingerprint density at radius 3 is 1.67 bits per heavy atom. The highest BCUT2D eigenvalue weighted by Crippen LogP contribution is 2.22. The maximum Gasteiger partial charge on any atom is 0.222 e. The molecule has 218 valence electrons. The smallest absolute Gasteiger partial charge is 0.222 e. The van der Waals surface area contributed by atoms with Crippen molar-refractivity contribution in [2.24, 2.45) is 0 Å². The van der Waals surface area contributed by atoms with Crippen molar-refractivity contribution in [2.75, 3.05) is 13.1 Å². The van der Waals surface area contributed by atoms with Crippen LogP contribution in [0.3, 0.4) is 0 Å². The number of carbonyl (C=O) groups excluding carboxylic acids is 1. The van der Waals surface area contributed by atoms with Gasteiger partial charge in [0.1, 0.15) is 8.80 Å². The quantitative estimate of drug-likeness (QED) is 0.0999. The number of nitrogens with zero attached hydrogens (tertiary/aromatic N) is 1. The molecule has 1 atom stereocenters. The Kier molecular flexibility index (Phi) is 19.0. The van der Waals surface area contributed by atoms with Crippen LogP contribution in [0.2, 0.25) is 11.2 Å². The van der Waals surface area contributed by atoms with Gasteiger partial charge in [-0.1, -0.05) is 167 Å². The van der Waals surface area contributed by atoms with E-state index in [4.69, 9.17) is 0 Å². The van der Waals surface area contributed by atoms with Crippen molar-refractivity contribution >= 4 is 34.6 Å². The summed E-state index contributed by atoms with van der Waals surface area (Å²) in [6, 6.07) is 24.5. The van der Waals surface area contributed by atoms with E-state index in [0.29, 0.717) is 5.91 Å². The summed E-state index contributed by atoms with van der Waals surface area (Å²) in [5.74, 6) is 0.340. The molecule has 0 saturated carbocycles. The average molecular weight is 566 g/mol. The maximum absolute atomic E-state index is 12.4. The van der Waals surface area contributed by atoms with E-state index in [0.717, 1.165) is 31.1 Å². The van der Waals surface area contributed by atoms with E-state index in [-0.39, 0.29) is 9.52 Å². The Morgan fingerprint density at radius 2 is 1.15 bits per heavy atom. The lowest BCUT2D eigenvalue weighted by Gasteiger charge is -2.27. The second-order valence-electron chi connectivity index (χ2n) is 11.5. The van der Waals surface area contributed by atoms with Crippen molar-refractivity contribution in [3.05, 3.63) is 60.7 Å². The summed E-state index contributed by atoms with van der Waals surface area (Å²) in [7, 11) is -1.41. The van der Waals surface area contributed by atoms with Crippen molar-refractivity contribution < 1.29 is 4.79 Å². The second kappa shape index (κ2) is 22.1. The summed E-state index contributed by atoms with van der Waals surface area (Å²) >= 11 is 0. The summed E-state index contributed by atoms with van der Waals surface area (Å²) in [4.78, 5) is 14.4. The largest absolute Gasteiger partial charge is 0.343 e. The molecule has 0 heterocycles. The van der Waals surface area contributed by atoms with E-state index in [1.54, 1.807) is 10.4 Å². The summed E-state index contributed by atoms with van der Waals surface area (Å²) in [6.45, 7) is 8.15. The van der Waals surface area contributed by atoms with Gasteiger partial charge < -0.3 is 4.90 Å². The molecule has 0 bridgehead atoms. The molecular weight excluding hydrogens is 507 g/mol. The highest BCUT2D eigenvalue weighted by Gasteiger charge is 2.26. The number of hydrogen-bond donors (Lipinski definition) is 0. The van der Waals surface area contributed by atoms with E-state index in [1.165, 1.54) is 89.5 Å². The highest BCUT2D eigenvalue weighted by molar-refractivity contribution is 6.91. The molecule has 1 amide bonds. The second-order valence-corrected chi connectivity index (χ2v) is 18.1. The number of benzene rings is 2. The topological polar surface area (TPSA) is 20.3 Å². The van der Waals surface area contributed by atoms with Crippen LogP contribution in [0, 0.1) is 0 Å². The molecule has 2 nitrogen and oxygen atoms in total. The Morgan fingerprint density at radius 1 is 0.667 bits per heavy atom. The van der Waals surface area contributed by atoms with E-state index in [2.05, 4.69) is 81.4 Å². The van der Waals surface area contributed by atoms with Gasteiger partial charge in [0, 0.05) is 29.0 Å². The lowest BCUT2D eigenvalue weighted by atomic mass is 10.1. The fourth-order valence-electron chi connectivity index (χ4n) is 6.20. The van der Waals surface area contributed by atoms with Crippen molar-refractivity contribution in [2.45, 2.75) is 128 Å². The van der Waals surface area contributed by atoms with Crippen LogP contribution in [0.1, 0.15) is 117 Å². The number of unbranched alkanes of at least 4 members (excludes halogenated alkanes) is 11. The third-order valence-electron chi connectivity index (χ3n) is 8.55. The third kappa shape index (κ3) is 14.0. The molecule has 0 N–H and O–H groups in total. The number of carbonyl (C=O) groups is 1. The van der Waals surface area contributed by atoms with E-state index in [9.17, 15) is 4.79 Å². The Hall–Kier alpha value is -1.66. The number of rotatable bonds is 23. The van der Waals surface area contributed by atoms with E-state index < -0.39 is 8.80 Å². The number of amides is 1. The summed E-state index contributed by atoms with van der Waals surface area (Å²) < 4.78 is 0. The molecule has 0 aromatic heterocycles. The monoisotopic (exact) mass is 565 g/mol. The van der Waals surface area contributed by atoms with Gasteiger partial charge in [-0.25, -0.2) is 0 Å². The first-order valence-electron chi connectivity index (χ1n) is 16.6.